The number of benzene rings is 4. The minimum Gasteiger partial charge on any atom is -0.545 e. The van der Waals surface area contributed by atoms with Crippen LogP contribution in [0, 0.1) is 0 Å². The molecule has 13 nitrogen and oxygen atoms in total. The first-order valence-electron chi connectivity index (χ1n) is 22.4. The van der Waals surface area contributed by atoms with Gasteiger partial charge in [-0.2, -0.15) is 0 Å². The number of unbranched alkanes of at least 4 members (excludes halogenated alkanes) is 4. The summed E-state index contributed by atoms with van der Waals surface area (Å²) >= 11 is 4.64. The van der Waals surface area contributed by atoms with E-state index in [-0.39, 0.29) is 76.0 Å². The number of carbonyl (C=O) groups excluding carboxylic acids is 4. The third kappa shape index (κ3) is 24.6. The van der Waals surface area contributed by atoms with Gasteiger partial charge in [0.2, 0.25) is 5.24 Å². The monoisotopic (exact) mass is 992 g/mol. The molecule has 0 spiro atoms. The molecule has 4 aromatic carbocycles. The summed E-state index contributed by atoms with van der Waals surface area (Å²) in [6.45, 7) is 10.9. The van der Waals surface area contributed by atoms with Crippen LogP contribution in [0.25, 0.3) is 0 Å². The summed E-state index contributed by atoms with van der Waals surface area (Å²) in [6.07, 6.45) is 8.75. The Labute approximate surface area is 434 Å². The van der Waals surface area contributed by atoms with Crippen molar-refractivity contribution in [2.75, 3.05) is 0 Å². The molecule has 5 rings (SSSR count). The van der Waals surface area contributed by atoms with Crippen molar-refractivity contribution in [3.63, 3.8) is 0 Å². The molecule has 0 amide bonds. The maximum atomic E-state index is 11.4. The van der Waals surface area contributed by atoms with Crippen LogP contribution in [-0.2, 0) is 19.1 Å². The van der Waals surface area contributed by atoms with Crippen LogP contribution in [0.15, 0.2) is 97.1 Å². The zero-order valence-electron chi connectivity index (χ0n) is 40.3. The number of esters is 2. The molecule has 0 aromatic heterocycles. The Balaban J connectivity index is 0. The Kier molecular flexibility index (Phi) is 35.9. The summed E-state index contributed by atoms with van der Waals surface area (Å²) in [5.41, 5.74) is 3.81. The number of ether oxygens (including phenoxy) is 2. The Bertz CT molecular complexity index is 2060. The number of rotatable bonds is 19. The van der Waals surface area contributed by atoms with Crippen molar-refractivity contribution in [2.45, 2.75) is 143 Å². The standard InChI is InChI=1S/C14H18O4.2C12H16O3.C12H14O2.C2H3ClO.ClH.Na/c1-3-4-9-13(18-10(2)15)11-7-5-6-8-12(11)14(16)17;2*1-2-3-8-11(13)9-6-4-5-7-10(9)12(14)15;1-2-3-8-11-9-6-4-5-7-10(9)12(13)14-11;1-2(3)4;;/h5-8,13H,3-4,9H2,1-2H3,(H,16,17);2*4-7,11,13H,2-3,8H2,1H3,(H,14,15);4-7,11H,2-3,8H2,1H3;1H3;1H;/q;;;;;;+1/p-1. The number of aliphatic hydroxyl groups excluding tert-OH is 2. The van der Waals surface area contributed by atoms with Gasteiger partial charge < -0.3 is 39.8 Å². The molecule has 1 aliphatic rings. The number of carboxylic acids is 3. The van der Waals surface area contributed by atoms with Gasteiger partial charge in [-0.3, -0.25) is 9.59 Å². The van der Waals surface area contributed by atoms with Gasteiger partial charge in [-0.1, -0.05) is 145 Å². The zero-order valence-corrected chi connectivity index (χ0v) is 43.9. The summed E-state index contributed by atoms with van der Waals surface area (Å²) in [6, 6.07) is 27.3. The molecule has 4 unspecified atom stereocenters. The van der Waals surface area contributed by atoms with Gasteiger partial charge >= 0.3 is 53.4 Å². The quantitative estimate of drug-likeness (QED) is 0.0394. The Morgan fingerprint density at radius 2 is 1.01 bits per heavy atom. The smallest absolute Gasteiger partial charge is 0.545 e. The van der Waals surface area contributed by atoms with E-state index in [0.29, 0.717) is 36.0 Å². The summed E-state index contributed by atoms with van der Waals surface area (Å²) < 4.78 is 10.5. The minimum atomic E-state index is -1.24. The van der Waals surface area contributed by atoms with Crippen LogP contribution in [0.5, 0.6) is 0 Å². The van der Waals surface area contributed by atoms with E-state index < -0.39 is 42.2 Å². The first kappa shape index (κ1) is 65.5. The van der Waals surface area contributed by atoms with Crippen LogP contribution in [0.3, 0.4) is 0 Å². The van der Waals surface area contributed by atoms with E-state index in [9.17, 15) is 44.1 Å². The van der Waals surface area contributed by atoms with Crippen LogP contribution in [-0.4, -0.2) is 55.5 Å². The van der Waals surface area contributed by atoms with Crippen LogP contribution < -0.4 is 34.7 Å². The number of aromatic carboxylic acids is 3. The third-order valence-corrected chi connectivity index (χ3v) is 10.0. The fourth-order valence-electron chi connectivity index (χ4n) is 6.73. The predicted octanol–water partition coefficient (Wildman–Crippen LogP) is 8.35. The average Bonchev–Trinajstić information content (AvgIpc) is 3.62. The molecule has 0 radical (unpaired) electrons. The molecule has 68 heavy (non-hydrogen) atoms. The van der Waals surface area contributed by atoms with E-state index in [1.165, 1.54) is 32.0 Å². The molecule has 0 aliphatic carbocycles. The molecule has 0 saturated heterocycles. The normalized spacial score (nSPS) is 13.0. The first-order valence-corrected chi connectivity index (χ1v) is 22.8. The second-order valence-corrected chi connectivity index (χ2v) is 15.8. The van der Waals surface area contributed by atoms with Crippen molar-refractivity contribution in [3.8, 4) is 0 Å². The molecule has 0 saturated carbocycles. The van der Waals surface area contributed by atoms with E-state index in [2.05, 4.69) is 18.5 Å². The van der Waals surface area contributed by atoms with Crippen molar-refractivity contribution in [2.24, 2.45) is 0 Å². The number of aliphatic hydroxyl groups is 2. The summed E-state index contributed by atoms with van der Waals surface area (Å²) in [7, 11) is 0. The molecule has 4 N–H and O–H groups in total. The summed E-state index contributed by atoms with van der Waals surface area (Å²) in [4.78, 5) is 64.5. The number of carboxylic acid groups (broad SMARTS) is 3. The number of cyclic esters (lactones) is 1. The predicted molar refractivity (Wildman–Crippen MR) is 258 cm³/mol. The Morgan fingerprint density at radius 3 is 1.46 bits per heavy atom. The van der Waals surface area contributed by atoms with Gasteiger partial charge in [0, 0.05) is 30.5 Å². The number of hydrogen-bond acceptors (Lipinski definition) is 11. The largest absolute Gasteiger partial charge is 1.00 e. The number of carbonyl (C=O) groups is 6. The molecule has 368 valence electrons. The van der Waals surface area contributed by atoms with E-state index in [1.54, 1.807) is 54.6 Å². The molecular weight excluding hydrogens is 926 g/mol. The van der Waals surface area contributed by atoms with Gasteiger partial charge in [0.05, 0.1) is 34.9 Å². The topological polar surface area (TPSA) is 225 Å². The molecule has 0 bridgehead atoms. The fraction of sp³-hybridized carbons (Fsp3) is 0.423. The summed E-state index contributed by atoms with van der Waals surface area (Å²) in [5, 5.41) is 48.1. The average molecular weight is 994 g/mol. The van der Waals surface area contributed by atoms with Gasteiger partial charge in [-0.15, -0.1) is 12.4 Å². The van der Waals surface area contributed by atoms with Crippen molar-refractivity contribution < 1.29 is 93.3 Å². The third-order valence-electron chi connectivity index (χ3n) is 10.0. The Morgan fingerprint density at radius 1 is 0.632 bits per heavy atom. The van der Waals surface area contributed by atoms with Crippen molar-refractivity contribution in [1.82, 2.24) is 0 Å². The molecule has 1 heterocycles. The van der Waals surface area contributed by atoms with Crippen LogP contribution in [0.1, 0.15) is 207 Å². The molecule has 16 heteroatoms. The van der Waals surface area contributed by atoms with E-state index in [0.717, 1.165) is 68.9 Å². The SMILES string of the molecule is CC(=O)Cl.CCCCC(O)c1ccccc1C(=O)O.CCCCC(O)c1ccccc1C(=O)[O-].CCCCC(OC(C)=O)c1ccccc1C(=O)O.CCCCC1OC(=O)c2ccccc21.Cl.[Na+]. The van der Waals surface area contributed by atoms with Crippen molar-refractivity contribution >= 4 is 59.1 Å². The van der Waals surface area contributed by atoms with E-state index in [1.807, 2.05) is 45.0 Å². The second kappa shape index (κ2) is 37.3. The summed E-state index contributed by atoms with van der Waals surface area (Å²) in [5.74, 6) is -3.78. The fourth-order valence-corrected chi connectivity index (χ4v) is 6.73. The van der Waals surface area contributed by atoms with E-state index >= 15 is 0 Å². The second-order valence-electron chi connectivity index (χ2n) is 15.3. The van der Waals surface area contributed by atoms with Crippen molar-refractivity contribution in [3.05, 3.63) is 142 Å². The zero-order chi connectivity index (χ0) is 49.6. The number of hydrogen-bond donors (Lipinski definition) is 4. The van der Waals surface area contributed by atoms with Crippen molar-refractivity contribution in [1.29, 1.82) is 0 Å². The van der Waals surface area contributed by atoms with E-state index in [4.69, 9.17) is 19.7 Å². The minimum absolute atomic E-state index is 0. The molecule has 4 atom stereocenters. The van der Waals surface area contributed by atoms with Gasteiger partial charge in [0.1, 0.15) is 12.2 Å². The van der Waals surface area contributed by atoms with Crippen LogP contribution >= 0.6 is 24.0 Å². The van der Waals surface area contributed by atoms with Gasteiger partial charge in [-0.05, 0) is 79.5 Å². The van der Waals surface area contributed by atoms with Gasteiger partial charge in [0.15, 0.2) is 0 Å². The number of fused-ring (bicyclic) bond motifs is 1. The molecule has 4 aromatic rings. The molecular formula is C52H67Cl2NaO13. The van der Waals surface area contributed by atoms with Gasteiger partial charge in [-0.25, -0.2) is 14.4 Å². The van der Waals surface area contributed by atoms with Crippen LogP contribution in [0.4, 0.5) is 0 Å². The number of halogens is 2. The first-order chi connectivity index (χ1) is 31.4. The van der Waals surface area contributed by atoms with Gasteiger partial charge in [0.25, 0.3) is 0 Å². The Hall–Kier alpha value is -4.60. The molecule has 1 aliphatic heterocycles. The maximum Gasteiger partial charge on any atom is 1.00 e. The maximum absolute atomic E-state index is 11.4. The van der Waals surface area contributed by atoms with Crippen LogP contribution in [0.2, 0.25) is 0 Å². The molecule has 0 fully saturated rings.